The van der Waals surface area contributed by atoms with Gasteiger partial charge in [-0.2, -0.15) is 0 Å². The largest absolute Gasteiger partial charge is 0.508 e. The van der Waals surface area contributed by atoms with Crippen molar-refractivity contribution < 1.29 is 28.9 Å². The molecule has 0 amide bonds. The van der Waals surface area contributed by atoms with Crippen molar-refractivity contribution in [1.29, 1.82) is 0 Å². The smallest absolute Gasteiger partial charge is 0.302 e. The lowest BCUT2D eigenvalue weighted by atomic mass is 10.0. The van der Waals surface area contributed by atoms with Crippen LogP contribution in [0.4, 0.5) is 0 Å². The van der Waals surface area contributed by atoms with Crippen molar-refractivity contribution in [1.82, 2.24) is 0 Å². The molecule has 2 aromatic heterocycles. The number of furan rings is 1. The van der Waals surface area contributed by atoms with Gasteiger partial charge >= 0.3 is 5.78 Å². The number of hydrogen-bond acceptors (Lipinski definition) is 7. The molecule has 3 N–H and O–H groups in total. The highest BCUT2D eigenvalue weighted by atomic mass is 16.5. The third-order valence-electron chi connectivity index (χ3n) is 4.64. The normalized spacial score (nSPS) is 11.4. The number of phenolic OH excluding ortho intramolecular Hbond substituents is 3. The molecular weight excluding hydrogens is 364 g/mol. The zero-order valence-electron chi connectivity index (χ0n) is 15.5. The highest BCUT2D eigenvalue weighted by molar-refractivity contribution is 6.09. The maximum Gasteiger partial charge on any atom is 0.302 e. The van der Waals surface area contributed by atoms with E-state index in [4.69, 9.17) is 13.6 Å². The maximum absolute atomic E-state index is 13.1. The number of phenols is 3. The number of aromatic hydroxyl groups is 3. The molecule has 0 bridgehead atoms. The molecule has 4 rings (SSSR count). The topological polar surface area (TPSA) is 113 Å². The van der Waals surface area contributed by atoms with Gasteiger partial charge in [-0.1, -0.05) is 11.6 Å². The minimum absolute atomic E-state index is 0.00362. The first-order chi connectivity index (χ1) is 13.3. The van der Waals surface area contributed by atoms with E-state index in [9.17, 15) is 20.1 Å². The van der Waals surface area contributed by atoms with E-state index < -0.39 is 11.2 Å². The van der Waals surface area contributed by atoms with Gasteiger partial charge in [0.25, 0.3) is 0 Å². The first kappa shape index (κ1) is 17.8. The Morgan fingerprint density at radius 2 is 1.86 bits per heavy atom. The molecule has 0 unspecified atom stereocenters. The van der Waals surface area contributed by atoms with Crippen molar-refractivity contribution in [2.75, 3.05) is 7.11 Å². The van der Waals surface area contributed by atoms with Gasteiger partial charge in [-0.25, -0.2) is 0 Å². The number of allylic oxidation sites excluding steroid dienone is 2. The number of fused-ring (bicyclic) bond motifs is 4. The molecular formula is C21H18O7. The Balaban J connectivity index is 2.19. The second kappa shape index (κ2) is 6.23. The Labute approximate surface area is 158 Å². The zero-order chi connectivity index (χ0) is 20.2. The van der Waals surface area contributed by atoms with Crippen molar-refractivity contribution in [2.45, 2.75) is 20.3 Å². The van der Waals surface area contributed by atoms with Crippen LogP contribution in [0.5, 0.6) is 23.0 Å². The molecule has 0 aliphatic carbocycles. The summed E-state index contributed by atoms with van der Waals surface area (Å²) in [7, 11) is 1.42. The second-order valence-corrected chi connectivity index (χ2v) is 6.80. The standard InChI is InChI=1S/C21H18O7/c1-9(2)4-5-11-18(24)15(26-3)8-12-16-19(25)17-13(23)6-10(22)7-14(17)27-21(16)28-20(11)12/h4,6-8,22-24H,5H2,1-3H3. The summed E-state index contributed by atoms with van der Waals surface area (Å²) in [5, 5.41) is 30.8. The van der Waals surface area contributed by atoms with Crippen LogP contribution in [0, 0.1) is 0 Å². The average Bonchev–Trinajstić information content (AvgIpc) is 2.97. The summed E-state index contributed by atoms with van der Waals surface area (Å²) in [5.74, 6) is -0.586. The molecule has 0 fully saturated rings. The number of methoxy groups -OCH3 is 1. The summed E-state index contributed by atoms with van der Waals surface area (Å²) < 4.78 is 16.7. The monoisotopic (exact) mass is 382 g/mol. The van der Waals surface area contributed by atoms with E-state index in [1.165, 1.54) is 19.2 Å². The molecule has 0 radical (unpaired) electrons. The molecule has 0 aliphatic rings. The summed E-state index contributed by atoms with van der Waals surface area (Å²) in [6, 6.07) is 3.80. The predicted molar refractivity (Wildman–Crippen MR) is 104 cm³/mol. The average molecular weight is 382 g/mol. The number of benzene rings is 2. The molecule has 0 saturated carbocycles. The number of hydrogen-bond donors (Lipinski definition) is 3. The van der Waals surface area contributed by atoms with Gasteiger partial charge in [0.1, 0.15) is 33.4 Å². The minimum Gasteiger partial charge on any atom is -0.508 e. The van der Waals surface area contributed by atoms with E-state index >= 15 is 0 Å². The molecule has 0 saturated heterocycles. The first-order valence-corrected chi connectivity index (χ1v) is 8.59. The van der Waals surface area contributed by atoms with Gasteiger partial charge in [0.2, 0.25) is 5.43 Å². The fourth-order valence-corrected chi connectivity index (χ4v) is 3.30. The predicted octanol–water partition coefficient (Wildman–Crippen LogP) is 4.33. The third-order valence-corrected chi connectivity index (χ3v) is 4.64. The van der Waals surface area contributed by atoms with E-state index in [-0.39, 0.29) is 39.4 Å². The molecule has 0 spiro atoms. The summed E-state index contributed by atoms with van der Waals surface area (Å²) >= 11 is 0. The lowest BCUT2D eigenvalue weighted by molar-refractivity contribution is 0.371. The van der Waals surface area contributed by atoms with Gasteiger partial charge in [-0.15, -0.1) is 0 Å². The van der Waals surface area contributed by atoms with Crippen molar-refractivity contribution in [3.8, 4) is 23.0 Å². The highest BCUT2D eigenvalue weighted by Crippen LogP contribution is 2.42. The fourth-order valence-electron chi connectivity index (χ4n) is 3.30. The van der Waals surface area contributed by atoms with Crippen LogP contribution in [0.1, 0.15) is 19.4 Å². The lowest BCUT2D eigenvalue weighted by Crippen LogP contribution is -2.01. The quantitative estimate of drug-likeness (QED) is 0.452. The Hall–Kier alpha value is -3.61. The SMILES string of the molecule is COc1cc2c(oc3oc4cc(O)cc(O)c4c(=O)c32)c(CC=C(C)C)c1O. The van der Waals surface area contributed by atoms with Gasteiger partial charge < -0.3 is 28.9 Å². The van der Waals surface area contributed by atoms with E-state index in [0.717, 1.165) is 11.6 Å². The number of ether oxygens (including phenoxy) is 1. The Bertz CT molecular complexity index is 1330. The van der Waals surface area contributed by atoms with E-state index in [0.29, 0.717) is 23.0 Å². The molecule has 2 aromatic carbocycles. The Morgan fingerprint density at radius 3 is 2.54 bits per heavy atom. The van der Waals surface area contributed by atoms with Crippen molar-refractivity contribution in [3.63, 3.8) is 0 Å². The minimum atomic E-state index is -0.506. The Morgan fingerprint density at radius 1 is 1.11 bits per heavy atom. The molecule has 7 heteroatoms. The Kier molecular flexibility index (Phi) is 3.96. The van der Waals surface area contributed by atoms with E-state index in [2.05, 4.69) is 0 Å². The van der Waals surface area contributed by atoms with Gasteiger partial charge in [-0.05, 0) is 26.3 Å². The van der Waals surface area contributed by atoms with Crippen LogP contribution in [0.3, 0.4) is 0 Å². The summed E-state index contributed by atoms with van der Waals surface area (Å²) in [4.78, 5) is 13.1. The van der Waals surface area contributed by atoms with Crippen molar-refractivity contribution in [2.24, 2.45) is 0 Å². The van der Waals surface area contributed by atoms with Gasteiger partial charge in [0, 0.05) is 23.1 Å². The van der Waals surface area contributed by atoms with Gasteiger partial charge in [-0.3, -0.25) is 4.79 Å². The molecule has 28 heavy (non-hydrogen) atoms. The van der Waals surface area contributed by atoms with Crippen LogP contribution in [0.25, 0.3) is 33.1 Å². The van der Waals surface area contributed by atoms with Crippen molar-refractivity contribution >= 4 is 33.1 Å². The van der Waals surface area contributed by atoms with Crippen LogP contribution < -0.4 is 10.2 Å². The van der Waals surface area contributed by atoms with Crippen molar-refractivity contribution in [3.05, 3.63) is 45.6 Å². The third kappa shape index (κ3) is 2.55. The maximum atomic E-state index is 13.1. The molecule has 144 valence electrons. The molecule has 7 nitrogen and oxygen atoms in total. The molecule has 2 heterocycles. The van der Waals surface area contributed by atoms with E-state index in [1.807, 2.05) is 19.9 Å². The molecule has 4 aromatic rings. The molecule has 0 atom stereocenters. The van der Waals surface area contributed by atoms with Crippen LogP contribution in [0.2, 0.25) is 0 Å². The van der Waals surface area contributed by atoms with Gasteiger partial charge in [0.15, 0.2) is 11.5 Å². The summed E-state index contributed by atoms with van der Waals surface area (Å²) in [5.41, 5.74) is 1.29. The fraction of sp³-hybridized carbons (Fsp3) is 0.190. The second-order valence-electron chi connectivity index (χ2n) is 6.80. The van der Waals surface area contributed by atoms with Crippen LogP contribution >= 0.6 is 0 Å². The lowest BCUT2D eigenvalue weighted by Gasteiger charge is -2.08. The number of rotatable bonds is 3. The van der Waals surface area contributed by atoms with Crippen LogP contribution in [-0.4, -0.2) is 22.4 Å². The zero-order valence-corrected chi connectivity index (χ0v) is 15.5. The van der Waals surface area contributed by atoms with Crippen LogP contribution in [-0.2, 0) is 6.42 Å². The van der Waals surface area contributed by atoms with E-state index in [1.54, 1.807) is 0 Å². The highest BCUT2D eigenvalue weighted by Gasteiger charge is 2.23. The summed E-state index contributed by atoms with van der Waals surface area (Å²) in [6.07, 6.45) is 2.28. The van der Waals surface area contributed by atoms with Gasteiger partial charge in [0.05, 0.1) is 7.11 Å². The first-order valence-electron chi connectivity index (χ1n) is 8.59. The summed E-state index contributed by atoms with van der Waals surface area (Å²) in [6.45, 7) is 3.86. The van der Waals surface area contributed by atoms with Crippen LogP contribution in [0.15, 0.2) is 43.5 Å². The molecule has 0 aliphatic heterocycles.